The Balaban J connectivity index is 2.92. The zero-order chi connectivity index (χ0) is 65.2. The monoisotopic (exact) mass is 1200 g/mol. The van der Waals surface area contributed by atoms with Crippen molar-refractivity contribution in [3.8, 4) is 5.75 Å². The lowest BCUT2D eigenvalue weighted by Crippen LogP contribution is -2.63. The molecular formula is C61H101N11O13. The van der Waals surface area contributed by atoms with Gasteiger partial charge < -0.3 is 65.8 Å². The molecule has 0 aromatic heterocycles. The lowest BCUT2D eigenvalue weighted by atomic mass is 9.91. The van der Waals surface area contributed by atoms with E-state index in [-0.39, 0.29) is 43.3 Å². The smallest absolute Gasteiger partial charge is 0.246 e. The summed E-state index contributed by atoms with van der Waals surface area (Å²) >= 11 is 0. The molecule has 1 aromatic carbocycles. The molecule has 0 saturated carbocycles. The third kappa shape index (κ3) is 20.5. The van der Waals surface area contributed by atoms with Gasteiger partial charge >= 0.3 is 0 Å². The van der Waals surface area contributed by atoms with Gasteiger partial charge in [-0.2, -0.15) is 0 Å². The van der Waals surface area contributed by atoms with Gasteiger partial charge in [0.2, 0.25) is 65.0 Å². The van der Waals surface area contributed by atoms with E-state index in [9.17, 15) is 53.4 Å². The average Bonchev–Trinajstić information content (AvgIpc) is 2.58. The SMILES string of the molecule is C/C=C/C[C@@H](C)[C@@H](O)[C@H]1C(=O)N[C@@H](CC)C(=O)N(C)CC(=O)N(C)[C@@H](Cc2ccc(O)cc2)C(=O)N[C@@H](C(C)C)C(=O)N(C)CC(=O)N[C@@H](C)C(=O)N[C@H](C)C(=O)N(C)[C@@H](CC(C)C)C(=O)N(C)[C@H](CC(C)C)C(=O)N(C)[C@@H](C(C)C)C(=O)N1C. The van der Waals surface area contributed by atoms with Crippen molar-refractivity contribution in [3.63, 3.8) is 0 Å². The molecule has 0 bridgehead atoms. The summed E-state index contributed by atoms with van der Waals surface area (Å²) in [7, 11) is 9.64. The van der Waals surface area contributed by atoms with Crippen molar-refractivity contribution < 1.29 is 63.0 Å². The third-order valence-electron chi connectivity index (χ3n) is 15.7. The number of hydrogen-bond donors (Lipinski definition) is 6. The van der Waals surface area contributed by atoms with Crippen LogP contribution in [-0.2, 0) is 59.2 Å². The summed E-state index contributed by atoms with van der Waals surface area (Å²) < 4.78 is 0. The molecular weight excluding hydrogens is 1090 g/mol. The van der Waals surface area contributed by atoms with Crippen LogP contribution in [0, 0.1) is 29.6 Å². The van der Waals surface area contributed by atoms with Crippen LogP contribution in [0.5, 0.6) is 5.75 Å². The van der Waals surface area contributed by atoms with Crippen LogP contribution >= 0.6 is 0 Å². The molecule has 24 nitrogen and oxygen atoms in total. The third-order valence-corrected chi connectivity index (χ3v) is 15.7. The number of amides is 11. The van der Waals surface area contributed by atoms with Gasteiger partial charge in [0.15, 0.2) is 0 Å². The molecule has 1 saturated heterocycles. The molecule has 2 rings (SSSR count). The Morgan fingerprint density at radius 3 is 1.54 bits per heavy atom. The first-order chi connectivity index (χ1) is 39.4. The molecule has 0 spiro atoms. The summed E-state index contributed by atoms with van der Waals surface area (Å²) in [6.07, 6.45) is 2.49. The van der Waals surface area contributed by atoms with Crippen molar-refractivity contribution in [2.45, 2.75) is 183 Å². The van der Waals surface area contributed by atoms with Gasteiger partial charge in [-0.15, -0.1) is 0 Å². The van der Waals surface area contributed by atoms with Gasteiger partial charge in [-0.25, -0.2) is 0 Å². The molecule has 0 radical (unpaired) electrons. The van der Waals surface area contributed by atoms with Crippen molar-refractivity contribution in [2.24, 2.45) is 29.6 Å². The van der Waals surface area contributed by atoms with E-state index in [1.54, 1.807) is 72.8 Å². The number of nitrogens with one attached hydrogen (secondary N) is 4. The Morgan fingerprint density at radius 2 is 1.05 bits per heavy atom. The minimum Gasteiger partial charge on any atom is -0.508 e. The molecule has 0 aliphatic carbocycles. The first-order valence-electron chi connectivity index (χ1n) is 29.5. The number of aliphatic hydroxyl groups is 1. The van der Waals surface area contributed by atoms with Gasteiger partial charge in [0.25, 0.3) is 0 Å². The second-order valence-electron chi connectivity index (χ2n) is 24.5. The van der Waals surface area contributed by atoms with Crippen molar-refractivity contribution >= 4 is 65.0 Å². The first-order valence-corrected chi connectivity index (χ1v) is 29.5. The summed E-state index contributed by atoms with van der Waals surface area (Å²) in [5, 5.41) is 32.8. The fourth-order valence-electron chi connectivity index (χ4n) is 10.3. The summed E-state index contributed by atoms with van der Waals surface area (Å²) in [4.78, 5) is 167. The minimum absolute atomic E-state index is 0.00939. The largest absolute Gasteiger partial charge is 0.508 e. The molecule has 1 aliphatic heterocycles. The number of rotatable bonds is 13. The van der Waals surface area contributed by atoms with Crippen LogP contribution in [0.1, 0.15) is 121 Å². The predicted molar refractivity (Wildman–Crippen MR) is 322 cm³/mol. The maximum Gasteiger partial charge on any atom is 0.246 e. The van der Waals surface area contributed by atoms with Crippen molar-refractivity contribution in [1.82, 2.24) is 55.6 Å². The molecule has 1 heterocycles. The number of phenols is 1. The van der Waals surface area contributed by atoms with E-state index in [1.807, 2.05) is 27.7 Å². The fourth-order valence-corrected chi connectivity index (χ4v) is 10.3. The summed E-state index contributed by atoms with van der Waals surface area (Å²) in [6, 6.07) is -5.64. The highest BCUT2D eigenvalue weighted by Gasteiger charge is 2.45. The quantitative estimate of drug-likeness (QED) is 0.154. The van der Waals surface area contributed by atoms with Crippen LogP contribution in [0.2, 0.25) is 0 Å². The van der Waals surface area contributed by atoms with Crippen LogP contribution in [0.3, 0.4) is 0 Å². The van der Waals surface area contributed by atoms with Crippen molar-refractivity contribution in [1.29, 1.82) is 0 Å². The highest BCUT2D eigenvalue weighted by atomic mass is 16.3. The van der Waals surface area contributed by atoms with Crippen LogP contribution in [0.4, 0.5) is 0 Å². The van der Waals surface area contributed by atoms with Crippen molar-refractivity contribution in [2.75, 3.05) is 62.4 Å². The summed E-state index contributed by atoms with van der Waals surface area (Å²) in [5.74, 6) is -10.1. The standard InChI is InChI=1S/C61H101N11O13/c1-21-23-24-38(11)52(76)51-55(79)64-43(22-2)57(81)67(15)33-48(75)68(16)44(31-41-25-27-42(73)28-26-41)54(78)65-49(36(7)8)60(84)66(14)32-47(74)62-39(12)53(77)63-40(13)56(80)69(17)45(29-34(3)4)58(82)70(18)46(30-35(5)6)59(83)71(19)50(37(9)10)61(85)72(51)20/h21,23,25-28,34-40,43-46,49-52,73,76H,22,24,29-33H2,1-20H3,(H,62,74)(H,63,77)(H,64,79)(H,65,78)/b23-21+/t38-,39+,40-,43+,44+,45+,46-,49+,50+,51+,52-/m1/s1. The Bertz CT molecular complexity index is 2520. The number of hydrogen-bond acceptors (Lipinski definition) is 13. The van der Waals surface area contributed by atoms with E-state index in [4.69, 9.17) is 0 Å². The number of benzene rings is 1. The van der Waals surface area contributed by atoms with E-state index < -0.39 is 156 Å². The van der Waals surface area contributed by atoms with Crippen LogP contribution < -0.4 is 21.3 Å². The number of likely N-dealkylation sites (N-methyl/N-ethyl adjacent to an activating group) is 7. The summed E-state index contributed by atoms with van der Waals surface area (Å²) in [6.45, 7) is 20.9. The molecule has 6 N–H and O–H groups in total. The Morgan fingerprint density at radius 1 is 0.541 bits per heavy atom. The minimum atomic E-state index is -1.64. The van der Waals surface area contributed by atoms with E-state index in [0.717, 1.165) is 19.6 Å². The van der Waals surface area contributed by atoms with E-state index in [2.05, 4.69) is 21.3 Å². The summed E-state index contributed by atoms with van der Waals surface area (Å²) in [5.41, 5.74) is 0.520. The van der Waals surface area contributed by atoms with Crippen LogP contribution in [0.25, 0.3) is 0 Å². The fraction of sp³-hybridized carbons (Fsp3) is 0.689. The number of allylic oxidation sites excluding steroid dienone is 2. The predicted octanol–water partition coefficient (Wildman–Crippen LogP) is 1.76. The molecule has 478 valence electrons. The number of phenolic OH excluding ortho intramolecular Hbond substituents is 1. The maximum absolute atomic E-state index is 15.1. The lowest BCUT2D eigenvalue weighted by molar-refractivity contribution is -0.157. The van der Waals surface area contributed by atoms with Gasteiger partial charge in [0.05, 0.1) is 19.2 Å². The van der Waals surface area contributed by atoms with Gasteiger partial charge in [-0.05, 0) is 93.7 Å². The molecule has 24 heteroatoms. The van der Waals surface area contributed by atoms with Gasteiger partial charge in [-0.3, -0.25) is 52.7 Å². The molecule has 1 fully saturated rings. The number of nitrogens with zero attached hydrogens (tertiary/aromatic N) is 7. The van der Waals surface area contributed by atoms with Crippen LogP contribution in [0.15, 0.2) is 36.4 Å². The maximum atomic E-state index is 15.1. The highest BCUT2D eigenvalue weighted by Crippen LogP contribution is 2.25. The van der Waals surface area contributed by atoms with E-state index in [1.165, 1.54) is 90.0 Å². The molecule has 11 atom stereocenters. The van der Waals surface area contributed by atoms with Crippen LogP contribution in [-0.4, -0.2) is 232 Å². The topological polar surface area (TPSA) is 299 Å². The second kappa shape index (κ2) is 33.5. The highest BCUT2D eigenvalue weighted by molar-refractivity contribution is 5.99. The molecule has 1 aromatic rings. The van der Waals surface area contributed by atoms with Gasteiger partial charge in [0.1, 0.15) is 60.1 Å². The first kappa shape index (κ1) is 74.0. The molecule has 11 amide bonds. The number of aromatic hydroxyl groups is 1. The molecule has 85 heavy (non-hydrogen) atoms. The molecule has 1 aliphatic rings. The van der Waals surface area contributed by atoms with E-state index >= 15 is 9.59 Å². The van der Waals surface area contributed by atoms with E-state index in [0.29, 0.717) is 12.0 Å². The normalized spacial score (nSPS) is 25.8. The number of carbonyl (C=O) groups excluding carboxylic acids is 11. The Kier molecular flexibility index (Phi) is 29.2. The zero-order valence-corrected chi connectivity index (χ0v) is 54.1. The zero-order valence-electron chi connectivity index (χ0n) is 54.1. The Labute approximate surface area is 504 Å². The lowest BCUT2D eigenvalue weighted by Gasteiger charge is -2.41. The van der Waals surface area contributed by atoms with Gasteiger partial charge in [-0.1, -0.05) is 93.5 Å². The number of carbonyl (C=O) groups is 11. The van der Waals surface area contributed by atoms with Crippen molar-refractivity contribution in [3.05, 3.63) is 42.0 Å². The number of aliphatic hydroxyl groups excluding tert-OH is 1. The van der Waals surface area contributed by atoms with Gasteiger partial charge in [0, 0.05) is 55.8 Å². The second-order valence-corrected chi connectivity index (χ2v) is 24.5. The Hall–Kier alpha value is -7.11. The average molecular weight is 1200 g/mol. The molecule has 0 unspecified atom stereocenters.